The summed E-state index contributed by atoms with van der Waals surface area (Å²) in [6.45, 7) is 2.05. The molecule has 17 heavy (non-hydrogen) atoms. The van der Waals surface area contributed by atoms with E-state index in [-0.39, 0.29) is 0 Å². The predicted octanol–water partition coefficient (Wildman–Crippen LogP) is 2.60. The Balaban J connectivity index is 2.03. The van der Waals surface area contributed by atoms with Crippen molar-refractivity contribution in [1.29, 1.82) is 0 Å². The van der Waals surface area contributed by atoms with E-state index in [1.165, 1.54) is 10.8 Å². The minimum Gasteiger partial charge on any atom is -0.370 e. The third-order valence-corrected chi connectivity index (χ3v) is 2.75. The first-order valence-electron chi connectivity index (χ1n) is 6.00. The van der Waals surface area contributed by atoms with E-state index in [2.05, 4.69) is 53.6 Å². The molecule has 3 heteroatoms. The van der Waals surface area contributed by atoms with Gasteiger partial charge >= 0.3 is 0 Å². The lowest BCUT2D eigenvalue weighted by Crippen LogP contribution is -2.16. The van der Waals surface area contributed by atoms with Crippen LogP contribution >= 0.6 is 0 Å². The van der Waals surface area contributed by atoms with Crippen LogP contribution in [0.4, 0.5) is 5.82 Å². The topological polar surface area (TPSA) is 28.2 Å². The van der Waals surface area contributed by atoms with Gasteiger partial charge in [0.1, 0.15) is 5.82 Å². The molecule has 0 atom stereocenters. The maximum Gasteiger partial charge on any atom is 0.133 e. The molecule has 1 N–H and O–H groups in total. The van der Waals surface area contributed by atoms with Gasteiger partial charge < -0.3 is 10.2 Å². The number of rotatable bonds is 5. The molecule has 0 bridgehead atoms. The smallest absolute Gasteiger partial charge is 0.133 e. The number of nitrogens with one attached hydrogen (secondary N) is 1. The minimum absolute atomic E-state index is 0.958. The van der Waals surface area contributed by atoms with Gasteiger partial charge in [0.15, 0.2) is 0 Å². The van der Waals surface area contributed by atoms with Crippen LogP contribution in [0.1, 0.15) is 6.42 Å². The van der Waals surface area contributed by atoms with E-state index < -0.39 is 0 Å². The molecule has 3 nitrogen and oxygen atoms in total. The molecule has 0 aliphatic carbocycles. The van der Waals surface area contributed by atoms with Gasteiger partial charge in [0, 0.05) is 18.1 Å². The van der Waals surface area contributed by atoms with E-state index in [0.717, 1.165) is 25.3 Å². The van der Waals surface area contributed by atoms with Gasteiger partial charge in [-0.3, -0.25) is 0 Å². The second-order valence-corrected chi connectivity index (χ2v) is 4.46. The molecule has 0 fully saturated rings. The fraction of sp³-hybridized carbons (Fsp3) is 0.357. The van der Waals surface area contributed by atoms with Gasteiger partial charge in [0.05, 0.1) is 0 Å². The van der Waals surface area contributed by atoms with E-state index >= 15 is 0 Å². The highest BCUT2D eigenvalue weighted by atomic mass is 15.1. The number of nitrogens with zero attached hydrogens (tertiary/aromatic N) is 2. The van der Waals surface area contributed by atoms with E-state index in [9.17, 15) is 0 Å². The fourth-order valence-electron chi connectivity index (χ4n) is 1.86. The van der Waals surface area contributed by atoms with E-state index in [4.69, 9.17) is 0 Å². The van der Waals surface area contributed by atoms with Crippen LogP contribution in [0.25, 0.3) is 10.8 Å². The lowest BCUT2D eigenvalue weighted by atomic mass is 10.1. The van der Waals surface area contributed by atoms with Crippen molar-refractivity contribution in [1.82, 2.24) is 9.88 Å². The molecule has 0 saturated carbocycles. The summed E-state index contributed by atoms with van der Waals surface area (Å²) in [6.07, 6.45) is 2.98. The predicted molar refractivity (Wildman–Crippen MR) is 73.4 cm³/mol. The third kappa shape index (κ3) is 3.17. The molecule has 1 aromatic heterocycles. The van der Waals surface area contributed by atoms with E-state index in [1.807, 2.05) is 12.3 Å². The Bertz CT molecular complexity index is 474. The second-order valence-electron chi connectivity index (χ2n) is 4.46. The number of hydrogen-bond acceptors (Lipinski definition) is 3. The van der Waals surface area contributed by atoms with Gasteiger partial charge in [-0.25, -0.2) is 4.98 Å². The largest absolute Gasteiger partial charge is 0.370 e. The molecule has 0 saturated heterocycles. The summed E-state index contributed by atoms with van der Waals surface area (Å²) >= 11 is 0. The van der Waals surface area contributed by atoms with E-state index in [1.54, 1.807) is 0 Å². The van der Waals surface area contributed by atoms with Gasteiger partial charge in [-0.2, -0.15) is 0 Å². The molecule has 0 amide bonds. The molecule has 0 aliphatic heterocycles. The second kappa shape index (κ2) is 5.64. The van der Waals surface area contributed by atoms with Crippen LogP contribution in [0.15, 0.2) is 36.5 Å². The standard InChI is InChI=1S/C14H19N3/c1-17(2)11-5-9-15-14-13-7-4-3-6-12(13)8-10-16-14/h3-4,6-8,10H,5,9,11H2,1-2H3,(H,15,16). The number of benzene rings is 1. The molecular formula is C14H19N3. The van der Waals surface area contributed by atoms with Crippen molar-refractivity contribution < 1.29 is 0 Å². The Hall–Kier alpha value is -1.61. The molecule has 90 valence electrons. The van der Waals surface area contributed by atoms with Crippen molar-refractivity contribution in [3.05, 3.63) is 36.5 Å². The monoisotopic (exact) mass is 229 g/mol. The average molecular weight is 229 g/mol. The molecular weight excluding hydrogens is 210 g/mol. The van der Waals surface area contributed by atoms with Crippen molar-refractivity contribution in [2.75, 3.05) is 32.5 Å². The van der Waals surface area contributed by atoms with Crippen molar-refractivity contribution >= 4 is 16.6 Å². The van der Waals surface area contributed by atoms with Crippen LogP contribution in [0.5, 0.6) is 0 Å². The molecule has 1 aromatic carbocycles. The Kier molecular flexibility index (Phi) is 3.94. The summed E-state index contributed by atoms with van der Waals surface area (Å²) in [4.78, 5) is 6.59. The molecule has 0 radical (unpaired) electrons. The van der Waals surface area contributed by atoms with Gasteiger partial charge in [0.2, 0.25) is 0 Å². The molecule has 0 spiro atoms. The van der Waals surface area contributed by atoms with Gasteiger partial charge in [-0.15, -0.1) is 0 Å². The highest BCUT2D eigenvalue weighted by Gasteiger charge is 2.00. The maximum atomic E-state index is 4.40. The summed E-state index contributed by atoms with van der Waals surface area (Å²) in [6, 6.07) is 10.4. The van der Waals surface area contributed by atoms with Crippen LogP contribution in [-0.2, 0) is 0 Å². The van der Waals surface area contributed by atoms with Crippen molar-refractivity contribution in [2.24, 2.45) is 0 Å². The number of hydrogen-bond donors (Lipinski definition) is 1. The summed E-state index contributed by atoms with van der Waals surface area (Å²) in [5.41, 5.74) is 0. The number of pyridine rings is 1. The summed E-state index contributed by atoms with van der Waals surface area (Å²) in [5.74, 6) is 0.988. The van der Waals surface area contributed by atoms with Gasteiger partial charge in [0.25, 0.3) is 0 Å². The van der Waals surface area contributed by atoms with Crippen LogP contribution in [0.3, 0.4) is 0 Å². The zero-order valence-corrected chi connectivity index (χ0v) is 10.5. The number of anilines is 1. The third-order valence-electron chi connectivity index (χ3n) is 2.75. The molecule has 2 aromatic rings. The van der Waals surface area contributed by atoms with Crippen LogP contribution in [-0.4, -0.2) is 37.1 Å². The first kappa shape index (κ1) is 11.9. The fourth-order valence-corrected chi connectivity index (χ4v) is 1.86. The molecule has 2 rings (SSSR count). The highest BCUT2D eigenvalue weighted by molar-refractivity contribution is 5.91. The molecule has 1 heterocycles. The van der Waals surface area contributed by atoms with Crippen LogP contribution < -0.4 is 5.32 Å². The van der Waals surface area contributed by atoms with Crippen molar-refractivity contribution in [3.63, 3.8) is 0 Å². The number of aromatic nitrogens is 1. The molecule has 0 unspecified atom stereocenters. The SMILES string of the molecule is CN(C)CCCNc1nccc2ccccc12. The maximum absolute atomic E-state index is 4.40. The Morgan fingerprint density at radius 1 is 1.18 bits per heavy atom. The normalized spacial score (nSPS) is 11.0. The van der Waals surface area contributed by atoms with Crippen LogP contribution in [0, 0.1) is 0 Å². The Morgan fingerprint density at radius 2 is 2.00 bits per heavy atom. The first-order valence-corrected chi connectivity index (χ1v) is 6.00. The summed E-state index contributed by atoms with van der Waals surface area (Å²) < 4.78 is 0. The van der Waals surface area contributed by atoms with Gasteiger partial charge in [-0.05, 0) is 38.5 Å². The number of fused-ring (bicyclic) bond motifs is 1. The highest BCUT2D eigenvalue weighted by Crippen LogP contribution is 2.19. The Morgan fingerprint density at radius 3 is 2.82 bits per heavy atom. The first-order chi connectivity index (χ1) is 8.27. The average Bonchev–Trinajstić information content (AvgIpc) is 2.34. The van der Waals surface area contributed by atoms with Gasteiger partial charge in [-0.1, -0.05) is 24.3 Å². The van der Waals surface area contributed by atoms with E-state index in [0.29, 0.717) is 0 Å². The van der Waals surface area contributed by atoms with Crippen molar-refractivity contribution in [3.8, 4) is 0 Å². The summed E-state index contributed by atoms with van der Waals surface area (Å²) in [7, 11) is 4.19. The lowest BCUT2D eigenvalue weighted by molar-refractivity contribution is 0.405. The van der Waals surface area contributed by atoms with Crippen LogP contribution in [0.2, 0.25) is 0 Å². The lowest BCUT2D eigenvalue weighted by Gasteiger charge is -2.11. The minimum atomic E-state index is 0.958. The Labute approximate surface area is 102 Å². The van der Waals surface area contributed by atoms with Crippen molar-refractivity contribution in [2.45, 2.75) is 6.42 Å². The molecule has 0 aliphatic rings. The zero-order chi connectivity index (χ0) is 12.1. The zero-order valence-electron chi connectivity index (χ0n) is 10.5. The quantitative estimate of drug-likeness (QED) is 0.799. The summed E-state index contributed by atoms with van der Waals surface area (Å²) in [5, 5.41) is 5.83.